The summed E-state index contributed by atoms with van der Waals surface area (Å²) in [6, 6.07) is 10.0. The number of oxazole rings is 1. The van der Waals surface area contributed by atoms with E-state index in [1.165, 1.54) is 17.6 Å². The fourth-order valence-electron chi connectivity index (χ4n) is 1.81. The first-order valence-corrected chi connectivity index (χ1v) is 7.35. The van der Waals surface area contributed by atoms with Crippen LogP contribution >= 0.6 is 11.3 Å². The highest BCUT2D eigenvalue weighted by molar-refractivity contribution is 7.13. The molecule has 0 aliphatic rings. The third-order valence-electron chi connectivity index (χ3n) is 2.92. The molecule has 0 bridgehead atoms. The molecule has 1 aromatic carbocycles. The molecule has 0 saturated heterocycles. The van der Waals surface area contributed by atoms with Crippen molar-refractivity contribution in [3.8, 4) is 10.8 Å². The number of benzene rings is 1. The molecule has 22 heavy (non-hydrogen) atoms. The monoisotopic (exact) mass is 313 g/mol. The normalized spacial score (nSPS) is 10.4. The predicted molar refractivity (Wildman–Crippen MR) is 80.8 cm³/mol. The molecule has 110 valence electrons. The SMILES string of the molecule is O=Cc1ccc(C(=O)OCc2coc(-c3cccs3)n2)cc1. The van der Waals surface area contributed by atoms with Gasteiger partial charge in [-0.1, -0.05) is 18.2 Å². The van der Waals surface area contributed by atoms with Crippen molar-refractivity contribution in [3.05, 3.63) is 64.9 Å². The average molecular weight is 313 g/mol. The van der Waals surface area contributed by atoms with Gasteiger partial charge in [0.25, 0.3) is 0 Å². The highest BCUT2D eigenvalue weighted by Crippen LogP contribution is 2.23. The van der Waals surface area contributed by atoms with E-state index < -0.39 is 5.97 Å². The Morgan fingerprint density at radius 1 is 1.27 bits per heavy atom. The zero-order valence-electron chi connectivity index (χ0n) is 11.4. The molecule has 0 saturated carbocycles. The topological polar surface area (TPSA) is 69.4 Å². The highest BCUT2D eigenvalue weighted by Gasteiger charge is 2.11. The maximum absolute atomic E-state index is 11.9. The lowest BCUT2D eigenvalue weighted by molar-refractivity contribution is 0.0467. The van der Waals surface area contributed by atoms with E-state index >= 15 is 0 Å². The first-order valence-electron chi connectivity index (χ1n) is 6.47. The van der Waals surface area contributed by atoms with Crippen LogP contribution in [0, 0.1) is 0 Å². The van der Waals surface area contributed by atoms with Crippen LogP contribution in [0.15, 0.2) is 52.5 Å². The van der Waals surface area contributed by atoms with Gasteiger partial charge in [0.15, 0.2) is 0 Å². The second kappa shape index (κ2) is 6.36. The Kier molecular flexibility index (Phi) is 4.11. The van der Waals surface area contributed by atoms with Gasteiger partial charge in [-0.2, -0.15) is 0 Å². The minimum atomic E-state index is -0.474. The van der Waals surface area contributed by atoms with Gasteiger partial charge in [-0.15, -0.1) is 11.3 Å². The number of aldehydes is 1. The van der Waals surface area contributed by atoms with E-state index in [2.05, 4.69) is 4.98 Å². The Morgan fingerprint density at radius 2 is 2.09 bits per heavy atom. The number of hydrogen-bond acceptors (Lipinski definition) is 6. The third kappa shape index (κ3) is 3.12. The fourth-order valence-corrected chi connectivity index (χ4v) is 2.46. The molecule has 0 N–H and O–H groups in total. The Bertz CT molecular complexity index is 775. The summed E-state index contributed by atoms with van der Waals surface area (Å²) < 4.78 is 10.5. The van der Waals surface area contributed by atoms with Crippen LogP contribution in [0.5, 0.6) is 0 Å². The molecule has 0 amide bonds. The highest BCUT2D eigenvalue weighted by atomic mass is 32.1. The molecule has 0 radical (unpaired) electrons. The Morgan fingerprint density at radius 3 is 2.77 bits per heavy atom. The molecule has 2 heterocycles. The zero-order chi connectivity index (χ0) is 15.4. The molecule has 3 rings (SSSR count). The first kappa shape index (κ1) is 14.2. The van der Waals surface area contributed by atoms with Crippen LogP contribution in [0.2, 0.25) is 0 Å². The molecular weight excluding hydrogens is 302 g/mol. The van der Waals surface area contributed by atoms with Gasteiger partial charge in [0, 0.05) is 5.56 Å². The molecular formula is C16H11NO4S. The molecule has 5 nitrogen and oxygen atoms in total. The minimum absolute atomic E-state index is 0.0309. The average Bonchev–Trinajstić information content (AvgIpc) is 3.23. The van der Waals surface area contributed by atoms with E-state index in [1.54, 1.807) is 24.3 Å². The van der Waals surface area contributed by atoms with Crippen molar-refractivity contribution in [2.45, 2.75) is 6.61 Å². The van der Waals surface area contributed by atoms with Crippen molar-refractivity contribution in [3.63, 3.8) is 0 Å². The molecule has 0 spiro atoms. The van der Waals surface area contributed by atoms with Crippen molar-refractivity contribution in [2.24, 2.45) is 0 Å². The maximum Gasteiger partial charge on any atom is 0.338 e. The van der Waals surface area contributed by atoms with Gasteiger partial charge in [-0.3, -0.25) is 4.79 Å². The van der Waals surface area contributed by atoms with Crippen LogP contribution in [-0.2, 0) is 11.3 Å². The number of carbonyl (C=O) groups excluding carboxylic acids is 2. The number of hydrogen-bond donors (Lipinski definition) is 0. The van der Waals surface area contributed by atoms with Gasteiger partial charge in [0.2, 0.25) is 5.89 Å². The fraction of sp³-hybridized carbons (Fsp3) is 0.0625. The van der Waals surface area contributed by atoms with E-state index in [1.807, 2.05) is 17.5 Å². The van der Waals surface area contributed by atoms with Gasteiger partial charge in [-0.25, -0.2) is 9.78 Å². The van der Waals surface area contributed by atoms with E-state index in [0.717, 1.165) is 11.2 Å². The second-order valence-corrected chi connectivity index (χ2v) is 5.38. The van der Waals surface area contributed by atoms with Crippen molar-refractivity contribution in [1.82, 2.24) is 4.98 Å². The summed E-state index contributed by atoms with van der Waals surface area (Å²) >= 11 is 1.52. The molecule has 6 heteroatoms. The molecule has 0 aliphatic heterocycles. The van der Waals surface area contributed by atoms with Crippen molar-refractivity contribution >= 4 is 23.6 Å². The smallest absolute Gasteiger partial charge is 0.338 e. The molecule has 0 fully saturated rings. The summed E-state index contributed by atoms with van der Waals surface area (Å²) in [6.07, 6.45) is 2.19. The van der Waals surface area contributed by atoms with Crippen molar-refractivity contribution in [1.29, 1.82) is 0 Å². The third-order valence-corrected chi connectivity index (χ3v) is 3.78. The van der Waals surface area contributed by atoms with Crippen LogP contribution in [-0.4, -0.2) is 17.2 Å². The summed E-state index contributed by atoms with van der Waals surface area (Å²) in [6.45, 7) is 0.0309. The van der Waals surface area contributed by atoms with Gasteiger partial charge in [0.05, 0.1) is 10.4 Å². The summed E-state index contributed by atoms with van der Waals surface area (Å²) in [5.74, 6) is 0.0366. The molecule has 2 aromatic heterocycles. The number of ether oxygens (including phenoxy) is 1. The summed E-state index contributed by atoms with van der Waals surface area (Å²) in [5.41, 5.74) is 1.43. The zero-order valence-corrected chi connectivity index (χ0v) is 12.2. The maximum atomic E-state index is 11.9. The number of esters is 1. The lowest BCUT2D eigenvalue weighted by Gasteiger charge is -2.02. The van der Waals surface area contributed by atoms with Gasteiger partial charge in [0.1, 0.15) is 24.9 Å². The van der Waals surface area contributed by atoms with Gasteiger partial charge >= 0.3 is 5.97 Å². The van der Waals surface area contributed by atoms with E-state index in [9.17, 15) is 9.59 Å². The second-order valence-electron chi connectivity index (χ2n) is 4.44. The lowest BCUT2D eigenvalue weighted by atomic mass is 10.1. The number of thiophene rings is 1. The Balaban J connectivity index is 1.62. The summed E-state index contributed by atoms with van der Waals surface area (Å²) in [7, 11) is 0. The van der Waals surface area contributed by atoms with Crippen LogP contribution in [0.25, 0.3) is 10.8 Å². The number of nitrogens with zero attached hydrogens (tertiary/aromatic N) is 1. The first-order chi connectivity index (χ1) is 10.8. The summed E-state index contributed by atoms with van der Waals surface area (Å²) in [4.78, 5) is 27.6. The van der Waals surface area contributed by atoms with Crippen LogP contribution in [0.4, 0.5) is 0 Å². The Hall–Kier alpha value is -2.73. The van der Waals surface area contributed by atoms with Gasteiger partial charge < -0.3 is 9.15 Å². The van der Waals surface area contributed by atoms with Crippen molar-refractivity contribution in [2.75, 3.05) is 0 Å². The van der Waals surface area contributed by atoms with Gasteiger partial charge in [-0.05, 0) is 23.6 Å². The largest absolute Gasteiger partial charge is 0.455 e. The quantitative estimate of drug-likeness (QED) is 0.532. The van der Waals surface area contributed by atoms with E-state index in [-0.39, 0.29) is 6.61 Å². The predicted octanol–water partition coefficient (Wildman–Crippen LogP) is 3.57. The van der Waals surface area contributed by atoms with Crippen LogP contribution in [0.3, 0.4) is 0 Å². The number of aromatic nitrogens is 1. The Labute approximate surface area is 130 Å². The molecule has 3 aromatic rings. The number of carbonyl (C=O) groups is 2. The molecule has 0 unspecified atom stereocenters. The van der Waals surface area contributed by atoms with E-state index in [0.29, 0.717) is 22.7 Å². The van der Waals surface area contributed by atoms with E-state index in [4.69, 9.17) is 9.15 Å². The lowest BCUT2D eigenvalue weighted by Crippen LogP contribution is -2.05. The standard InChI is InChI=1S/C16H11NO4S/c18-8-11-3-5-12(6-4-11)16(19)21-10-13-9-20-15(17-13)14-2-1-7-22-14/h1-9H,10H2. The molecule has 0 atom stereocenters. The van der Waals surface area contributed by atoms with Crippen molar-refractivity contribution < 1.29 is 18.7 Å². The summed E-state index contributed by atoms with van der Waals surface area (Å²) in [5, 5.41) is 1.93. The minimum Gasteiger partial charge on any atom is -0.455 e. The number of rotatable bonds is 5. The van der Waals surface area contributed by atoms with Crippen LogP contribution in [0.1, 0.15) is 26.4 Å². The molecule has 0 aliphatic carbocycles. The van der Waals surface area contributed by atoms with Crippen LogP contribution < -0.4 is 0 Å².